The van der Waals surface area contributed by atoms with E-state index in [1.54, 1.807) is 18.2 Å². The number of ether oxygens (including phenoxy) is 1. The van der Waals surface area contributed by atoms with Gasteiger partial charge in [-0.15, -0.1) is 0 Å². The first-order valence-corrected chi connectivity index (χ1v) is 10.6. The smallest absolute Gasteiger partial charge is 0.365 e. The first-order valence-electron chi connectivity index (χ1n) is 8.71. The molecule has 0 unspecified atom stereocenters. The fourth-order valence-electron chi connectivity index (χ4n) is 2.95. The van der Waals surface area contributed by atoms with E-state index in [-0.39, 0.29) is 5.41 Å². The fourth-order valence-corrected chi connectivity index (χ4v) is 5.35. The Morgan fingerprint density at radius 3 is 2.44 bits per heavy atom. The molecule has 1 saturated heterocycles. The number of hydrogen-bond donors (Lipinski definition) is 0. The minimum atomic E-state index is -3.54. The first kappa shape index (κ1) is 18.5. The molecule has 2 aromatic carbocycles. The van der Waals surface area contributed by atoms with Gasteiger partial charge in [0.25, 0.3) is 0 Å². The Balaban J connectivity index is 1.82. The van der Waals surface area contributed by atoms with E-state index in [1.807, 2.05) is 56.3 Å². The number of benzene rings is 2. The third-order valence-corrected chi connectivity index (χ3v) is 6.61. The molecule has 0 atom stereocenters. The molecule has 0 aromatic heterocycles. The monoisotopic (exact) mass is 402 g/mol. The standard InChI is InChI=1S/C21H20ClO4P/c1-21(2)13-24-27(23,25-14-21)20(15-6-4-3-5-7-15)19-10-8-16-12-17(22)9-11-18(16)26-19/h3-12H,13-14H2,1-2H3/b20-19+. The lowest BCUT2D eigenvalue weighted by Gasteiger charge is -2.35. The summed E-state index contributed by atoms with van der Waals surface area (Å²) < 4.78 is 31.3. The molecule has 1 fully saturated rings. The second kappa shape index (κ2) is 6.96. The molecule has 27 heavy (non-hydrogen) atoms. The molecule has 140 valence electrons. The van der Waals surface area contributed by atoms with Gasteiger partial charge in [0.15, 0.2) is 0 Å². The minimum Gasteiger partial charge on any atom is -0.456 e. The third-order valence-electron chi connectivity index (χ3n) is 4.41. The van der Waals surface area contributed by atoms with Crippen LogP contribution in [-0.2, 0) is 13.6 Å². The molecule has 0 bridgehead atoms. The summed E-state index contributed by atoms with van der Waals surface area (Å²) in [5.74, 6) is 1.10. The molecule has 0 N–H and O–H groups in total. The van der Waals surface area contributed by atoms with Crippen LogP contribution in [-0.4, -0.2) is 13.2 Å². The van der Waals surface area contributed by atoms with Gasteiger partial charge in [0.1, 0.15) is 16.8 Å². The van der Waals surface area contributed by atoms with E-state index in [9.17, 15) is 4.57 Å². The zero-order chi connectivity index (χ0) is 19.1. The Morgan fingerprint density at radius 2 is 1.74 bits per heavy atom. The van der Waals surface area contributed by atoms with E-state index in [2.05, 4.69) is 0 Å². The molecule has 4 nitrogen and oxygen atoms in total. The largest absolute Gasteiger partial charge is 0.456 e. The van der Waals surface area contributed by atoms with Gasteiger partial charge in [-0.1, -0.05) is 55.8 Å². The molecular formula is C21H20ClO4P. The van der Waals surface area contributed by atoms with Crippen LogP contribution in [0.1, 0.15) is 25.0 Å². The van der Waals surface area contributed by atoms with Gasteiger partial charge < -0.3 is 13.8 Å². The maximum atomic E-state index is 13.6. The van der Waals surface area contributed by atoms with Crippen LogP contribution < -0.4 is 4.74 Å². The predicted molar refractivity (Wildman–Crippen MR) is 108 cm³/mol. The van der Waals surface area contributed by atoms with Gasteiger partial charge in [0.2, 0.25) is 0 Å². The first-order chi connectivity index (χ1) is 12.9. The predicted octanol–water partition coefficient (Wildman–Crippen LogP) is 6.38. The topological polar surface area (TPSA) is 44.8 Å². The van der Waals surface area contributed by atoms with E-state index in [4.69, 9.17) is 25.4 Å². The molecule has 2 heterocycles. The Labute approximate surface area is 163 Å². The summed E-state index contributed by atoms with van der Waals surface area (Å²) in [6.45, 7) is 4.74. The van der Waals surface area contributed by atoms with Crippen molar-refractivity contribution in [3.8, 4) is 5.75 Å². The lowest BCUT2D eigenvalue weighted by atomic mass is 9.97. The van der Waals surface area contributed by atoms with Crippen molar-refractivity contribution in [3.63, 3.8) is 0 Å². The molecule has 0 amide bonds. The molecular weight excluding hydrogens is 383 g/mol. The highest BCUT2D eigenvalue weighted by atomic mass is 35.5. The molecule has 0 aliphatic carbocycles. The third kappa shape index (κ3) is 3.76. The Hall–Kier alpha value is -1.84. The van der Waals surface area contributed by atoms with Crippen molar-refractivity contribution in [2.45, 2.75) is 13.8 Å². The summed E-state index contributed by atoms with van der Waals surface area (Å²) in [7, 11) is -3.54. The van der Waals surface area contributed by atoms with Gasteiger partial charge in [-0.2, -0.15) is 0 Å². The van der Waals surface area contributed by atoms with Crippen molar-refractivity contribution in [2.24, 2.45) is 5.41 Å². The molecule has 6 heteroatoms. The molecule has 2 aliphatic heterocycles. The highest BCUT2D eigenvalue weighted by Crippen LogP contribution is 2.65. The van der Waals surface area contributed by atoms with E-state index in [1.165, 1.54) is 0 Å². The molecule has 0 radical (unpaired) electrons. The van der Waals surface area contributed by atoms with Crippen LogP contribution in [0, 0.1) is 5.41 Å². The zero-order valence-electron chi connectivity index (χ0n) is 15.1. The highest BCUT2D eigenvalue weighted by molar-refractivity contribution is 7.65. The lowest BCUT2D eigenvalue weighted by molar-refractivity contribution is 0.0466. The van der Waals surface area contributed by atoms with E-state index >= 15 is 0 Å². The van der Waals surface area contributed by atoms with Crippen LogP contribution in [0.4, 0.5) is 0 Å². The lowest BCUT2D eigenvalue weighted by Crippen LogP contribution is -2.29. The summed E-state index contributed by atoms with van der Waals surface area (Å²) in [5.41, 5.74) is 1.42. The van der Waals surface area contributed by atoms with E-state index in [0.29, 0.717) is 35.1 Å². The molecule has 0 spiro atoms. The van der Waals surface area contributed by atoms with Crippen LogP contribution in [0.3, 0.4) is 0 Å². The average molecular weight is 403 g/mol. The Kier molecular flexibility index (Phi) is 4.77. The van der Waals surface area contributed by atoms with Gasteiger partial charge in [-0.25, -0.2) is 0 Å². The van der Waals surface area contributed by atoms with Crippen molar-refractivity contribution >= 4 is 30.6 Å². The minimum absolute atomic E-state index is 0.188. The molecule has 0 saturated carbocycles. The van der Waals surface area contributed by atoms with Gasteiger partial charge >= 0.3 is 7.60 Å². The van der Waals surface area contributed by atoms with Crippen molar-refractivity contribution in [1.82, 2.24) is 0 Å². The number of allylic oxidation sites excluding steroid dienone is 1. The number of halogens is 1. The molecule has 2 aromatic rings. The van der Waals surface area contributed by atoms with Crippen molar-refractivity contribution in [3.05, 3.63) is 76.5 Å². The quantitative estimate of drug-likeness (QED) is 0.546. The highest BCUT2D eigenvalue weighted by Gasteiger charge is 2.42. The summed E-state index contributed by atoms with van der Waals surface area (Å²) in [6.07, 6.45) is 3.68. The normalized spacial score (nSPS) is 21.9. The van der Waals surface area contributed by atoms with E-state index < -0.39 is 7.60 Å². The van der Waals surface area contributed by atoms with Crippen molar-refractivity contribution < 1.29 is 18.3 Å². The van der Waals surface area contributed by atoms with Crippen molar-refractivity contribution in [1.29, 1.82) is 0 Å². The van der Waals surface area contributed by atoms with Gasteiger partial charge in [-0.05, 0) is 35.9 Å². The second-order valence-corrected chi connectivity index (χ2v) is 9.80. The average Bonchev–Trinajstić information content (AvgIpc) is 2.66. The van der Waals surface area contributed by atoms with E-state index in [0.717, 1.165) is 11.1 Å². The summed E-state index contributed by atoms with van der Waals surface area (Å²) >= 11 is 6.06. The van der Waals surface area contributed by atoms with Crippen LogP contribution in [0.25, 0.3) is 11.4 Å². The Bertz CT molecular complexity index is 965. The SMILES string of the molecule is CC1(C)COP(=O)(/C(=C2\C=Cc3cc(Cl)ccc3O2)c2ccccc2)OC1. The number of rotatable bonds is 2. The van der Waals surface area contributed by atoms with Crippen LogP contribution in [0.2, 0.25) is 5.02 Å². The van der Waals surface area contributed by atoms with Crippen molar-refractivity contribution in [2.75, 3.05) is 13.2 Å². The molecule has 4 rings (SSSR count). The van der Waals surface area contributed by atoms with Gasteiger partial charge in [-0.3, -0.25) is 4.57 Å². The summed E-state index contributed by atoms with van der Waals surface area (Å²) in [6, 6.07) is 14.8. The van der Waals surface area contributed by atoms with Crippen LogP contribution in [0.5, 0.6) is 5.75 Å². The molecule has 2 aliphatic rings. The maximum absolute atomic E-state index is 13.6. The summed E-state index contributed by atoms with van der Waals surface area (Å²) in [5, 5.41) is 1.07. The fraction of sp³-hybridized carbons (Fsp3) is 0.238. The number of fused-ring (bicyclic) bond motifs is 1. The number of hydrogen-bond acceptors (Lipinski definition) is 4. The second-order valence-electron chi connectivity index (χ2n) is 7.40. The summed E-state index contributed by atoms with van der Waals surface area (Å²) in [4.78, 5) is 0. The maximum Gasteiger partial charge on any atom is 0.365 e. The van der Waals surface area contributed by atoms with Crippen LogP contribution >= 0.6 is 19.2 Å². The van der Waals surface area contributed by atoms with Gasteiger partial charge in [0.05, 0.1) is 13.2 Å². The van der Waals surface area contributed by atoms with Crippen LogP contribution in [0.15, 0.2) is 60.4 Å². The van der Waals surface area contributed by atoms with Gasteiger partial charge in [0, 0.05) is 16.0 Å². The zero-order valence-corrected chi connectivity index (χ0v) is 16.8. The Morgan fingerprint density at radius 1 is 1.04 bits per heavy atom.